The molecule has 1 saturated heterocycles. The number of hydrogen-bond acceptors (Lipinski definition) is 5. The zero-order valence-corrected chi connectivity index (χ0v) is 11.4. The van der Waals surface area contributed by atoms with E-state index in [1.54, 1.807) is 11.3 Å². The van der Waals surface area contributed by atoms with E-state index in [-0.39, 0.29) is 0 Å². The Hall–Kier alpha value is -0.910. The summed E-state index contributed by atoms with van der Waals surface area (Å²) in [6, 6.07) is 2.02. The Bertz CT molecular complexity index is 539. The van der Waals surface area contributed by atoms with Crippen LogP contribution in [-0.2, 0) is 4.74 Å². The number of fused-ring (bicyclic) bond motifs is 1. The standard InChI is InChI=1S/C12H14ClN3OS/c13-12-15-10(9-4-7-18-11(9)16-12)14-5-3-8-2-1-6-17-8/h4,7-8H,1-3,5-6H2,(H,14,15,16). The Morgan fingerprint density at radius 1 is 1.50 bits per heavy atom. The van der Waals surface area contributed by atoms with Crippen molar-refractivity contribution in [2.24, 2.45) is 0 Å². The molecule has 0 aromatic carbocycles. The summed E-state index contributed by atoms with van der Waals surface area (Å²) < 4.78 is 5.59. The fraction of sp³-hybridized carbons (Fsp3) is 0.500. The van der Waals surface area contributed by atoms with E-state index >= 15 is 0 Å². The van der Waals surface area contributed by atoms with Crippen LogP contribution in [0.3, 0.4) is 0 Å². The lowest BCUT2D eigenvalue weighted by Crippen LogP contribution is -2.13. The summed E-state index contributed by atoms with van der Waals surface area (Å²) in [5.41, 5.74) is 0. The fourth-order valence-corrected chi connectivity index (χ4v) is 3.17. The molecule has 1 fully saturated rings. The van der Waals surface area contributed by atoms with Crippen molar-refractivity contribution in [3.8, 4) is 0 Å². The minimum absolute atomic E-state index is 0.296. The first-order valence-electron chi connectivity index (χ1n) is 6.09. The highest BCUT2D eigenvalue weighted by atomic mass is 35.5. The summed E-state index contributed by atoms with van der Waals surface area (Å²) in [6.07, 6.45) is 3.75. The maximum Gasteiger partial charge on any atom is 0.225 e. The zero-order valence-electron chi connectivity index (χ0n) is 9.86. The van der Waals surface area contributed by atoms with Crippen LogP contribution in [0.2, 0.25) is 5.28 Å². The van der Waals surface area contributed by atoms with Crippen LogP contribution in [0.15, 0.2) is 11.4 Å². The molecule has 0 aliphatic carbocycles. The van der Waals surface area contributed by atoms with Gasteiger partial charge in [0.25, 0.3) is 0 Å². The Morgan fingerprint density at radius 2 is 2.44 bits per heavy atom. The van der Waals surface area contributed by atoms with Gasteiger partial charge in [0.2, 0.25) is 5.28 Å². The third-order valence-corrected chi connectivity index (χ3v) is 4.06. The van der Waals surface area contributed by atoms with E-state index in [1.165, 1.54) is 12.8 Å². The Balaban J connectivity index is 1.67. The molecule has 1 atom stereocenters. The number of nitrogens with zero attached hydrogens (tertiary/aromatic N) is 2. The molecule has 2 aromatic heterocycles. The SMILES string of the molecule is Clc1nc(NCCC2CCCO2)c2ccsc2n1. The van der Waals surface area contributed by atoms with E-state index in [4.69, 9.17) is 16.3 Å². The Kier molecular flexibility index (Phi) is 3.63. The van der Waals surface area contributed by atoms with Gasteiger partial charge in [-0.05, 0) is 42.3 Å². The molecule has 0 amide bonds. The van der Waals surface area contributed by atoms with Crippen LogP contribution < -0.4 is 5.32 Å². The predicted octanol–water partition coefficient (Wildman–Crippen LogP) is 3.33. The molecule has 0 radical (unpaired) electrons. The van der Waals surface area contributed by atoms with Crippen LogP contribution in [0.4, 0.5) is 5.82 Å². The lowest BCUT2D eigenvalue weighted by Gasteiger charge is -2.11. The largest absolute Gasteiger partial charge is 0.378 e. The fourth-order valence-electron chi connectivity index (χ4n) is 2.19. The normalized spacial score (nSPS) is 19.5. The minimum atomic E-state index is 0.296. The highest BCUT2D eigenvalue weighted by Crippen LogP contribution is 2.26. The van der Waals surface area contributed by atoms with Crippen LogP contribution in [0.1, 0.15) is 19.3 Å². The van der Waals surface area contributed by atoms with Gasteiger partial charge in [0.1, 0.15) is 10.6 Å². The van der Waals surface area contributed by atoms with Crippen molar-refractivity contribution >= 4 is 39.0 Å². The van der Waals surface area contributed by atoms with Crippen LogP contribution in [0.25, 0.3) is 10.2 Å². The van der Waals surface area contributed by atoms with Crippen LogP contribution in [0, 0.1) is 0 Å². The van der Waals surface area contributed by atoms with Crippen molar-refractivity contribution in [2.45, 2.75) is 25.4 Å². The third-order valence-electron chi connectivity index (χ3n) is 3.08. The number of thiophene rings is 1. The molecular formula is C12H14ClN3OS. The van der Waals surface area contributed by atoms with Gasteiger partial charge in [-0.2, -0.15) is 0 Å². The molecule has 18 heavy (non-hydrogen) atoms. The highest BCUT2D eigenvalue weighted by Gasteiger charge is 2.15. The van der Waals surface area contributed by atoms with Crippen molar-refractivity contribution in [1.82, 2.24) is 9.97 Å². The predicted molar refractivity (Wildman–Crippen MR) is 74.5 cm³/mol. The summed E-state index contributed by atoms with van der Waals surface area (Å²) in [6.45, 7) is 1.75. The molecule has 1 aliphatic heterocycles. The van der Waals surface area contributed by atoms with Gasteiger partial charge in [-0.1, -0.05) is 0 Å². The Labute approximate surface area is 114 Å². The average Bonchev–Trinajstić information content (AvgIpc) is 2.98. The van der Waals surface area contributed by atoms with Gasteiger partial charge in [-0.3, -0.25) is 0 Å². The molecule has 96 valence electrons. The van der Waals surface area contributed by atoms with E-state index in [0.29, 0.717) is 11.4 Å². The minimum Gasteiger partial charge on any atom is -0.378 e. The summed E-state index contributed by atoms with van der Waals surface area (Å²) in [5.74, 6) is 0.823. The van der Waals surface area contributed by atoms with E-state index in [2.05, 4.69) is 15.3 Å². The number of halogens is 1. The maximum absolute atomic E-state index is 5.91. The van der Waals surface area contributed by atoms with Crippen molar-refractivity contribution in [3.05, 3.63) is 16.7 Å². The molecular weight excluding hydrogens is 270 g/mol. The second-order valence-electron chi connectivity index (χ2n) is 4.33. The molecule has 3 heterocycles. The Morgan fingerprint density at radius 3 is 3.28 bits per heavy atom. The second kappa shape index (κ2) is 5.38. The van der Waals surface area contributed by atoms with Crippen molar-refractivity contribution in [2.75, 3.05) is 18.5 Å². The first-order chi connectivity index (χ1) is 8.83. The molecule has 6 heteroatoms. The lowest BCUT2D eigenvalue weighted by molar-refractivity contribution is 0.107. The molecule has 2 aromatic rings. The van der Waals surface area contributed by atoms with Crippen molar-refractivity contribution in [3.63, 3.8) is 0 Å². The van der Waals surface area contributed by atoms with Crippen molar-refractivity contribution < 1.29 is 4.74 Å². The van der Waals surface area contributed by atoms with Gasteiger partial charge in [0, 0.05) is 13.2 Å². The molecule has 0 spiro atoms. The zero-order chi connectivity index (χ0) is 12.4. The van der Waals surface area contributed by atoms with Gasteiger partial charge < -0.3 is 10.1 Å². The van der Waals surface area contributed by atoms with E-state index in [0.717, 1.165) is 35.6 Å². The van der Waals surface area contributed by atoms with Crippen LogP contribution >= 0.6 is 22.9 Å². The average molecular weight is 284 g/mol. The monoisotopic (exact) mass is 283 g/mol. The van der Waals surface area contributed by atoms with Gasteiger partial charge >= 0.3 is 0 Å². The van der Waals surface area contributed by atoms with Gasteiger partial charge in [0.15, 0.2) is 0 Å². The molecule has 3 rings (SSSR count). The van der Waals surface area contributed by atoms with E-state index in [9.17, 15) is 0 Å². The summed E-state index contributed by atoms with van der Waals surface area (Å²) >= 11 is 7.48. The lowest BCUT2D eigenvalue weighted by atomic mass is 10.2. The highest BCUT2D eigenvalue weighted by molar-refractivity contribution is 7.16. The molecule has 1 unspecified atom stereocenters. The summed E-state index contributed by atoms with van der Waals surface area (Å²) in [5, 5.41) is 6.67. The quantitative estimate of drug-likeness (QED) is 0.875. The molecule has 4 nitrogen and oxygen atoms in total. The third kappa shape index (κ3) is 2.58. The first kappa shape index (κ1) is 12.1. The van der Waals surface area contributed by atoms with Crippen LogP contribution in [-0.4, -0.2) is 29.2 Å². The number of rotatable bonds is 4. The van der Waals surface area contributed by atoms with Crippen molar-refractivity contribution in [1.29, 1.82) is 0 Å². The topological polar surface area (TPSA) is 47.0 Å². The summed E-state index contributed by atoms with van der Waals surface area (Å²) in [4.78, 5) is 9.36. The smallest absolute Gasteiger partial charge is 0.225 e. The molecule has 0 saturated carbocycles. The number of hydrogen-bond donors (Lipinski definition) is 1. The van der Waals surface area contributed by atoms with E-state index in [1.807, 2.05) is 11.4 Å². The van der Waals surface area contributed by atoms with Gasteiger partial charge in [-0.15, -0.1) is 11.3 Å². The van der Waals surface area contributed by atoms with Crippen LogP contribution in [0.5, 0.6) is 0 Å². The maximum atomic E-state index is 5.91. The van der Waals surface area contributed by atoms with E-state index < -0.39 is 0 Å². The summed E-state index contributed by atoms with van der Waals surface area (Å²) in [7, 11) is 0. The molecule has 1 N–H and O–H groups in total. The number of anilines is 1. The number of ether oxygens (including phenoxy) is 1. The second-order valence-corrected chi connectivity index (χ2v) is 5.56. The van der Waals surface area contributed by atoms with Gasteiger partial charge in [0.05, 0.1) is 11.5 Å². The number of nitrogens with one attached hydrogen (secondary N) is 1. The number of aromatic nitrogens is 2. The molecule has 0 bridgehead atoms. The molecule has 1 aliphatic rings. The first-order valence-corrected chi connectivity index (χ1v) is 7.35. The van der Waals surface area contributed by atoms with Gasteiger partial charge in [-0.25, -0.2) is 9.97 Å².